The van der Waals surface area contributed by atoms with Gasteiger partial charge in [0.15, 0.2) is 0 Å². The van der Waals surface area contributed by atoms with Crippen LogP contribution in [0.25, 0.3) is 22.0 Å². The Hall–Kier alpha value is -4.66. The van der Waals surface area contributed by atoms with Crippen LogP contribution in [-0.2, 0) is 0 Å². The van der Waals surface area contributed by atoms with E-state index in [0.717, 1.165) is 23.1 Å². The number of anilines is 2. The molecule has 4 aromatic carbocycles. The number of hydrogen-bond donors (Lipinski definition) is 4. The molecule has 10 heteroatoms. The van der Waals surface area contributed by atoms with Crippen molar-refractivity contribution in [2.45, 2.75) is 0 Å². The van der Waals surface area contributed by atoms with Crippen molar-refractivity contribution >= 4 is 63.3 Å². The van der Waals surface area contributed by atoms with Gasteiger partial charge in [-0.2, -0.15) is 0 Å². The zero-order chi connectivity index (χ0) is 27.7. The molecule has 0 saturated heterocycles. The molecule has 0 unspecified atom stereocenters. The zero-order valence-corrected chi connectivity index (χ0v) is 21.4. The van der Waals surface area contributed by atoms with E-state index in [0.29, 0.717) is 16.1 Å². The SMILES string of the molecule is O=C(Nc1ccc(Cl)cc1F)c1ccc(NC(=O)c2[nH]c3ccc(Cl)cc3c2-c2ccccc2)c(C(=O)O)c1. The van der Waals surface area contributed by atoms with E-state index in [4.69, 9.17) is 23.2 Å². The van der Waals surface area contributed by atoms with Gasteiger partial charge in [-0.15, -0.1) is 0 Å². The van der Waals surface area contributed by atoms with Crippen LogP contribution < -0.4 is 10.6 Å². The number of aromatic amines is 1. The maximum Gasteiger partial charge on any atom is 0.337 e. The van der Waals surface area contributed by atoms with Gasteiger partial charge in [-0.1, -0.05) is 53.5 Å². The fourth-order valence-corrected chi connectivity index (χ4v) is 4.51. The molecule has 0 fully saturated rings. The number of carbonyl (C=O) groups is 3. The van der Waals surface area contributed by atoms with Gasteiger partial charge in [0.2, 0.25) is 0 Å². The average Bonchev–Trinajstić information content (AvgIpc) is 3.29. The Morgan fingerprint density at radius 1 is 0.769 bits per heavy atom. The number of amides is 2. The van der Waals surface area contributed by atoms with Crippen molar-refractivity contribution in [3.63, 3.8) is 0 Å². The normalized spacial score (nSPS) is 10.8. The molecule has 0 aliphatic carbocycles. The van der Waals surface area contributed by atoms with Crippen molar-refractivity contribution in [1.82, 2.24) is 4.98 Å². The molecule has 5 aromatic rings. The summed E-state index contributed by atoms with van der Waals surface area (Å²) in [4.78, 5) is 41.3. The Bertz CT molecular complexity index is 1770. The highest BCUT2D eigenvalue weighted by atomic mass is 35.5. The second-order valence-electron chi connectivity index (χ2n) is 8.53. The van der Waals surface area contributed by atoms with Gasteiger partial charge in [0.25, 0.3) is 11.8 Å². The highest BCUT2D eigenvalue weighted by Crippen LogP contribution is 2.35. The van der Waals surface area contributed by atoms with Gasteiger partial charge in [0.05, 0.1) is 16.9 Å². The van der Waals surface area contributed by atoms with Crippen LogP contribution in [0.3, 0.4) is 0 Å². The maximum atomic E-state index is 14.1. The third-order valence-corrected chi connectivity index (χ3v) is 6.46. The fraction of sp³-hybridized carbons (Fsp3) is 0. The van der Waals surface area contributed by atoms with Gasteiger partial charge < -0.3 is 20.7 Å². The van der Waals surface area contributed by atoms with Gasteiger partial charge in [0.1, 0.15) is 11.5 Å². The highest BCUT2D eigenvalue weighted by Gasteiger charge is 2.22. The number of benzene rings is 4. The van der Waals surface area contributed by atoms with Gasteiger partial charge >= 0.3 is 5.97 Å². The van der Waals surface area contributed by atoms with Crippen LogP contribution in [0.15, 0.2) is 84.9 Å². The molecule has 0 spiro atoms. The number of hydrogen-bond acceptors (Lipinski definition) is 3. The van der Waals surface area contributed by atoms with Gasteiger partial charge in [0, 0.05) is 32.1 Å². The molecule has 7 nitrogen and oxygen atoms in total. The topological polar surface area (TPSA) is 111 Å². The first-order valence-electron chi connectivity index (χ1n) is 11.5. The molecule has 194 valence electrons. The molecule has 1 aromatic heterocycles. The molecule has 39 heavy (non-hydrogen) atoms. The van der Waals surface area contributed by atoms with Crippen LogP contribution in [-0.4, -0.2) is 27.9 Å². The summed E-state index contributed by atoms with van der Waals surface area (Å²) in [6.45, 7) is 0. The summed E-state index contributed by atoms with van der Waals surface area (Å²) >= 11 is 12.0. The summed E-state index contributed by atoms with van der Waals surface area (Å²) in [6, 6.07) is 21.9. The van der Waals surface area contributed by atoms with Crippen molar-refractivity contribution in [2.75, 3.05) is 10.6 Å². The minimum atomic E-state index is -1.37. The first kappa shape index (κ1) is 26.0. The number of aromatic carboxylic acids is 1. The van der Waals surface area contributed by atoms with Crippen LogP contribution in [0.4, 0.5) is 15.8 Å². The largest absolute Gasteiger partial charge is 0.478 e. The lowest BCUT2D eigenvalue weighted by Crippen LogP contribution is -2.18. The predicted octanol–water partition coefficient (Wildman–Crippen LogP) is 7.48. The van der Waals surface area contributed by atoms with Gasteiger partial charge in [-0.05, 0) is 60.2 Å². The lowest BCUT2D eigenvalue weighted by molar-refractivity contribution is 0.0698. The van der Waals surface area contributed by atoms with Crippen molar-refractivity contribution in [2.24, 2.45) is 0 Å². The molecule has 0 saturated carbocycles. The number of H-pyrrole nitrogens is 1. The zero-order valence-electron chi connectivity index (χ0n) is 19.9. The summed E-state index contributed by atoms with van der Waals surface area (Å²) in [5.41, 5.74) is 1.71. The van der Waals surface area contributed by atoms with Crippen molar-refractivity contribution in [3.05, 3.63) is 118 Å². The average molecular weight is 562 g/mol. The fourth-order valence-electron chi connectivity index (χ4n) is 4.18. The van der Waals surface area contributed by atoms with Crippen LogP contribution >= 0.6 is 23.2 Å². The number of carbonyl (C=O) groups excluding carboxylic acids is 2. The van der Waals surface area contributed by atoms with Gasteiger partial charge in [-0.3, -0.25) is 9.59 Å². The second-order valence-corrected chi connectivity index (χ2v) is 9.40. The Balaban J connectivity index is 1.48. The van der Waals surface area contributed by atoms with E-state index >= 15 is 0 Å². The first-order chi connectivity index (χ1) is 18.7. The number of fused-ring (bicyclic) bond motifs is 1. The summed E-state index contributed by atoms with van der Waals surface area (Å²) in [5, 5.41) is 16.2. The van der Waals surface area contributed by atoms with Crippen LogP contribution in [0.1, 0.15) is 31.2 Å². The smallest absolute Gasteiger partial charge is 0.337 e. The minimum Gasteiger partial charge on any atom is -0.478 e. The van der Waals surface area contributed by atoms with Crippen molar-refractivity contribution < 1.29 is 23.9 Å². The van der Waals surface area contributed by atoms with E-state index in [2.05, 4.69) is 15.6 Å². The monoisotopic (exact) mass is 561 g/mol. The molecular formula is C29H18Cl2FN3O4. The van der Waals surface area contributed by atoms with E-state index in [1.165, 1.54) is 24.3 Å². The number of carboxylic acid groups (broad SMARTS) is 1. The molecule has 2 amide bonds. The number of halogens is 3. The molecule has 0 radical (unpaired) electrons. The summed E-state index contributed by atoms with van der Waals surface area (Å²) in [5.74, 6) is -3.45. The molecule has 0 aliphatic rings. The molecule has 5 rings (SSSR count). The Kier molecular flexibility index (Phi) is 7.06. The molecule has 0 atom stereocenters. The standard InChI is InChI=1S/C29H18Cl2FN3O4/c30-17-7-10-22-19(13-17)25(15-4-2-1-3-5-15)26(33-22)28(37)34-23-9-6-16(12-20(23)29(38)39)27(36)35-24-11-8-18(31)14-21(24)32/h1-14,33H,(H,34,37)(H,35,36)(H,38,39). The molecular weight excluding hydrogens is 544 g/mol. The van der Waals surface area contributed by atoms with E-state index in [9.17, 15) is 23.9 Å². The minimum absolute atomic E-state index is 0.0302. The summed E-state index contributed by atoms with van der Waals surface area (Å²) < 4.78 is 14.1. The third-order valence-electron chi connectivity index (χ3n) is 5.99. The van der Waals surface area contributed by atoms with E-state index in [1.54, 1.807) is 18.2 Å². The van der Waals surface area contributed by atoms with E-state index in [1.807, 2.05) is 30.3 Å². The lowest BCUT2D eigenvalue weighted by atomic mass is 10.0. The third kappa shape index (κ3) is 5.34. The Morgan fingerprint density at radius 3 is 2.15 bits per heavy atom. The van der Waals surface area contributed by atoms with E-state index in [-0.39, 0.29) is 33.2 Å². The Morgan fingerprint density at radius 2 is 1.44 bits per heavy atom. The summed E-state index contributed by atoms with van der Waals surface area (Å²) in [7, 11) is 0. The molecule has 1 heterocycles. The Labute approximate surface area is 231 Å². The van der Waals surface area contributed by atoms with Crippen LogP contribution in [0.5, 0.6) is 0 Å². The number of rotatable bonds is 6. The molecule has 0 aliphatic heterocycles. The van der Waals surface area contributed by atoms with Crippen molar-refractivity contribution in [1.29, 1.82) is 0 Å². The maximum absolute atomic E-state index is 14.1. The van der Waals surface area contributed by atoms with Crippen LogP contribution in [0, 0.1) is 5.82 Å². The number of aromatic nitrogens is 1. The highest BCUT2D eigenvalue weighted by molar-refractivity contribution is 6.32. The van der Waals surface area contributed by atoms with Crippen LogP contribution in [0.2, 0.25) is 10.0 Å². The lowest BCUT2D eigenvalue weighted by Gasteiger charge is -2.12. The van der Waals surface area contributed by atoms with E-state index < -0.39 is 23.6 Å². The van der Waals surface area contributed by atoms with Gasteiger partial charge in [-0.25, -0.2) is 9.18 Å². The quantitative estimate of drug-likeness (QED) is 0.172. The number of carboxylic acids is 1. The first-order valence-corrected chi connectivity index (χ1v) is 12.3. The predicted molar refractivity (Wildman–Crippen MR) is 149 cm³/mol. The second kappa shape index (κ2) is 10.6. The summed E-state index contributed by atoms with van der Waals surface area (Å²) in [6.07, 6.45) is 0. The number of nitrogens with one attached hydrogen (secondary N) is 3. The van der Waals surface area contributed by atoms with Crippen molar-refractivity contribution in [3.8, 4) is 11.1 Å². The molecule has 0 bridgehead atoms. The molecule has 4 N–H and O–H groups in total.